The Bertz CT molecular complexity index is 474. The largest absolute Gasteiger partial charge is 0.329 e. The van der Waals surface area contributed by atoms with Crippen LogP contribution in [-0.2, 0) is 10.0 Å². The summed E-state index contributed by atoms with van der Waals surface area (Å²) in [7, 11) is -3.43. The lowest BCUT2D eigenvalue weighted by Gasteiger charge is -2.13. The Balaban J connectivity index is 2.93. The molecular weight excluding hydrogens is 248 g/mol. The quantitative estimate of drug-likeness (QED) is 0.868. The van der Waals surface area contributed by atoms with Crippen LogP contribution in [0.1, 0.15) is 12.5 Å². The summed E-state index contributed by atoms with van der Waals surface area (Å²) in [5.74, 6) is 0. The highest BCUT2D eigenvalue weighted by Crippen LogP contribution is 2.21. The molecule has 1 aromatic carbocycles. The van der Waals surface area contributed by atoms with E-state index in [2.05, 4.69) is 4.72 Å². The van der Waals surface area contributed by atoms with Crippen LogP contribution in [0.3, 0.4) is 0 Å². The van der Waals surface area contributed by atoms with Crippen molar-refractivity contribution in [1.82, 2.24) is 0 Å². The number of nitrogens with one attached hydrogen (secondary N) is 1. The first kappa shape index (κ1) is 13.3. The third kappa shape index (κ3) is 3.10. The Kier molecular flexibility index (Phi) is 4.18. The van der Waals surface area contributed by atoms with Gasteiger partial charge in [-0.05, 0) is 31.5 Å². The SMILES string of the molecule is Cc1ccc(NS(=O)(=O)C(C)CN)cc1Cl. The number of rotatable bonds is 4. The van der Waals surface area contributed by atoms with Crippen molar-refractivity contribution in [3.8, 4) is 0 Å². The summed E-state index contributed by atoms with van der Waals surface area (Å²) < 4.78 is 25.8. The zero-order valence-corrected chi connectivity index (χ0v) is 10.8. The van der Waals surface area contributed by atoms with Gasteiger partial charge in [0, 0.05) is 17.3 Å². The highest BCUT2D eigenvalue weighted by Gasteiger charge is 2.18. The summed E-state index contributed by atoms with van der Waals surface area (Å²) in [4.78, 5) is 0. The number of hydrogen-bond donors (Lipinski definition) is 2. The summed E-state index contributed by atoms with van der Waals surface area (Å²) in [6, 6.07) is 5.01. The van der Waals surface area contributed by atoms with Crippen molar-refractivity contribution in [3.63, 3.8) is 0 Å². The topological polar surface area (TPSA) is 72.2 Å². The molecule has 0 radical (unpaired) electrons. The minimum atomic E-state index is -3.43. The molecule has 0 heterocycles. The maximum absolute atomic E-state index is 11.7. The predicted molar refractivity (Wildman–Crippen MR) is 67.2 cm³/mol. The van der Waals surface area contributed by atoms with E-state index >= 15 is 0 Å². The lowest BCUT2D eigenvalue weighted by Crippen LogP contribution is -2.31. The van der Waals surface area contributed by atoms with Gasteiger partial charge in [-0.2, -0.15) is 0 Å². The van der Waals surface area contributed by atoms with E-state index in [4.69, 9.17) is 17.3 Å². The van der Waals surface area contributed by atoms with Gasteiger partial charge in [-0.1, -0.05) is 17.7 Å². The molecule has 0 amide bonds. The van der Waals surface area contributed by atoms with Crippen molar-refractivity contribution in [1.29, 1.82) is 0 Å². The minimum Gasteiger partial charge on any atom is -0.329 e. The van der Waals surface area contributed by atoms with Crippen LogP contribution in [0.2, 0.25) is 5.02 Å². The van der Waals surface area contributed by atoms with Crippen molar-refractivity contribution >= 4 is 27.3 Å². The van der Waals surface area contributed by atoms with E-state index < -0.39 is 15.3 Å². The molecule has 1 rings (SSSR count). The first-order chi connectivity index (χ1) is 7.36. The van der Waals surface area contributed by atoms with Crippen LogP contribution < -0.4 is 10.5 Å². The Morgan fingerprint density at radius 2 is 2.12 bits per heavy atom. The molecule has 0 fully saturated rings. The van der Waals surface area contributed by atoms with E-state index in [9.17, 15) is 8.42 Å². The summed E-state index contributed by atoms with van der Waals surface area (Å²) in [6.07, 6.45) is 0. The molecule has 1 unspecified atom stereocenters. The molecule has 3 N–H and O–H groups in total. The third-order valence-electron chi connectivity index (χ3n) is 2.29. The van der Waals surface area contributed by atoms with E-state index in [0.717, 1.165) is 5.56 Å². The van der Waals surface area contributed by atoms with Gasteiger partial charge in [0.2, 0.25) is 10.0 Å². The molecule has 0 saturated heterocycles. The second-order valence-corrected chi connectivity index (χ2v) is 6.16. The van der Waals surface area contributed by atoms with Gasteiger partial charge in [-0.25, -0.2) is 8.42 Å². The summed E-state index contributed by atoms with van der Waals surface area (Å²) in [6.45, 7) is 3.48. The summed E-state index contributed by atoms with van der Waals surface area (Å²) in [5, 5.41) is -0.104. The molecule has 0 aromatic heterocycles. The fraction of sp³-hybridized carbons (Fsp3) is 0.400. The lowest BCUT2D eigenvalue weighted by atomic mass is 10.2. The van der Waals surface area contributed by atoms with E-state index in [1.807, 2.05) is 6.92 Å². The number of sulfonamides is 1. The molecule has 16 heavy (non-hydrogen) atoms. The fourth-order valence-electron chi connectivity index (χ4n) is 1.05. The van der Waals surface area contributed by atoms with Gasteiger partial charge >= 0.3 is 0 Å². The monoisotopic (exact) mass is 262 g/mol. The molecule has 90 valence electrons. The van der Waals surface area contributed by atoms with Crippen molar-refractivity contribution in [3.05, 3.63) is 28.8 Å². The van der Waals surface area contributed by atoms with E-state index in [1.165, 1.54) is 0 Å². The number of hydrogen-bond acceptors (Lipinski definition) is 3. The maximum Gasteiger partial charge on any atom is 0.236 e. The number of nitrogens with two attached hydrogens (primary N) is 1. The van der Waals surface area contributed by atoms with Crippen molar-refractivity contribution in [2.75, 3.05) is 11.3 Å². The number of aryl methyl sites for hydroxylation is 1. The third-order valence-corrected chi connectivity index (χ3v) is 4.47. The average molecular weight is 263 g/mol. The highest BCUT2D eigenvalue weighted by molar-refractivity contribution is 7.93. The fourth-order valence-corrected chi connectivity index (χ4v) is 2.14. The smallest absolute Gasteiger partial charge is 0.236 e. The van der Waals surface area contributed by atoms with Crippen LogP contribution in [0, 0.1) is 6.92 Å². The Morgan fingerprint density at radius 1 is 1.50 bits per heavy atom. The van der Waals surface area contributed by atoms with Crippen LogP contribution >= 0.6 is 11.6 Å². The zero-order chi connectivity index (χ0) is 12.3. The molecule has 0 aliphatic heterocycles. The lowest BCUT2D eigenvalue weighted by molar-refractivity contribution is 0.589. The summed E-state index contributed by atoms with van der Waals surface area (Å²) >= 11 is 5.90. The first-order valence-electron chi connectivity index (χ1n) is 4.84. The zero-order valence-electron chi connectivity index (χ0n) is 9.20. The van der Waals surface area contributed by atoms with E-state index in [1.54, 1.807) is 25.1 Å². The van der Waals surface area contributed by atoms with Crippen molar-refractivity contribution in [2.24, 2.45) is 5.73 Å². The maximum atomic E-state index is 11.7. The normalized spacial score (nSPS) is 13.5. The van der Waals surface area contributed by atoms with E-state index in [0.29, 0.717) is 10.7 Å². The van der Waals surface area contributed by atoms with Crippen LogP contribution in [0.25, 0.3) is 0 Å². The van der Waals surface area contributed by atoms with Crippen molar-refractivity contribution in [2.45, 2.75) is 19.1 Å². The van der Waals surface area contributed by atoms with Crippen LogP contribution in [0.15, 0.2) is 18.2 Å². The predicted octanol–water partition coefficient (Wildman–Crippen LogP) is 1.74. The molecular formula is C10H15ClN2O2S. The molecule has 0 aliphatic rings. The molecule has 0 saturated carbocycles. The van der Waals surface area contributed by atoms with Gasteiger partial charge in [0.15, 0.2) is 0 Å². The van der Waals surface area contributed by atoms with Gasteiger partial charge in [0.25, 0.3) is 0 Å². The molecule has 0 bridgehead atoms. The standard InChI is InChI=1S/C10H15ClN2O2S/c1-7-3-4-9(5-10(7)11)13-16(14,15)8(2)6-12/h3-5,8,13H,6,12H2,1-2H3. The first-order valence-corrected chi connectivity index (χ1v) is 6.77. The van der Waals surface area contributed by atoms with Gasteiger partial charge in [0.1, 0.15) is 0 Å². The highest BCUT2D eigenvalue weighted by atomic mass is 35.5. The molecule has 0 aliphatic carbocycles. The number of anilines is 1. The molecule has 1 atom stereocenters. The van der Waals surface area contributed by atoms with Crippen LogP contribution in [-0.4, -0.2) is 20.2 Å². The molecule has 0 spiro atoms. The summed E-state index contributed by atoms with van der Waals surface area (Å²) in [5.41, 5.74) is 6.67. The molecule has 6 heteroatoms. The van der Waals surface area contributed by atoms with Gasteiger partial charge in [-0.15, -0.1) is 0 Å². The van der Waals surface area contributed by atoms with Crippen LogP contribution in [0.4, 0.5) is 5.69 Å². The van der Waals surface area contributed by atoms with Crippen LogP contribution in [0.5, 0.6) is 0 Å². The van der Waals surface area contributed by atoms with Gasteiger partial charge in [-0.3, -0.25) is 4.72 Å². The Morgan fingerprint density at radius 3 is 2.62 bits per heavy atom. The minimum absolute atomic E-state index is 0.0783. The van der Waals surface area contributed by atoms with Gasteiger partial charge in [0.05, 0.1) is 5.25 Å². The second kappa shape index (κ2) is 5.03. The number of halogens is 1. The second-order valence-electron chi connectivity index (χ2n) is 3.66. The molecule has 1 aromatic rings. The molecule has 4 nitrogen and oxygen atoms in total. The Hall–Kier alpha value is -0.780. The average Bonchev–Trinajstić information content (AvgIpc) is 2.22. The Labute approximate surface area is 101 Å². The number of benzene rings is 1. The van der Waals surface area contributed by atoms with Crippen molar-refractivity contribution < 1.29 is 8.42 Å². The van der Waals surface area contributed by atoms with Gasteiger partial charge < -0.3 is 5.73 Å². The van der Waals surface area contributed by atoms with E-state index in [-0.39, 0.29) is 6.54 Å².